The van der Waals surface area contributed by atoms with Gasteiger partial charge in [0.1, 0.15) is 9.84 Å². The number of hydrogen-bond donors (Lipinski definition) is 2. The predicted octanol–water partition coefficient (Wildman–Crippen LogP) is 3.22. The predicted molar refractivity (Wildman–Crippen MR) is 131 cm³/mol. The Hall–Kier alpha value is -1.23. The third kappa shape index (κ3) is 6.63. The summed E-state index contributed by atoms with van der Waals surface area (Å²) < 4.78 is 33.9. The van der Waals surface area contributed by atoms with E-state index in [-0.39, 0.29) is 48.0 Å². The van der Waals surface area contributed by atoms with Gasteiger partial charge in [0.15, 0.2) is 17.5 Å². The Kier molecular flexibility index (Phi) is 9.08. The van der Waals surface area contributed by atoms with Crippen molar-refractivity contribution >= 4 is 39.8 Å². The van der Waals surface area contributed by atoms with Gasteiger partial charge >= 0.3 is 0 Å². The zero-order valence-electron chi connectivity index (χ0n) is 18.1. The molecule has 170 valence electrons. The molecule has 0 aromatic heterocycles. The maximum Gasteiger partial charge on any atom is 0.231 e. The minimum Gasteiger partial charge on any atom is -0.454 e. The summed E-state index contributed by atoms with van der Waals surface area (Å²) in [6.45, 7) is 3.03. The SMILES string of the molecule is CN=C(NCC1(c2ccc3c(c2)OCO3)CCCCC1)NC(C)CCS(C)(=O)=O.I. The second-order valence-corrected chi connectivity index (χ2v) is 10.6. The van der Waals surface area contributed by atoms with Crippen molar-refractivity contribution in [1.29, 1.82) is 0 Å². The lowest BCUT2D eigenvalue weighted by Gasteiger charge is -2.38. The van der Waals surface area contributed by atoms with Gasteiger partial charge in [-0.25, -0.2) is 8.42 Å². The Morgan fingerprint density at radius 2 is 1.90 bits per heavy atom. The summed E-state index contributed by atoms with van der Waals surface area (Å²) in [6.07, 6.45) is 7.71. The molecule has 0 radical (unpaired) electrons. The van der Waals surface area contributed by atoms with E-state index in [1.807, 2.05) is 13.0 Å². The average Bonchev–Trinajstić information content (AvgIpc) is 3.17. The monoisotopic (exact) mass is 551 g/mol. The normalized spacial score (nSPS) is 19.0. The van der Waals surface area contributed by atoms with Gasteiger partial charge in [0.25, 0.3) is 0 Å². The number of benzene rings is 1. The summed E-state index contributed by atoms with van der Waals surface area (Å²) >= 11 is 0. The van der Waals surface area contributed by atoms with Gasteiger partial charge in [-0.3, -0.25) is 4.99 Å². The van der Waals surface area contributed by atoms with Crippen molar-refractivity contribution < 1.29 is 17.9 Å². The second-order valence-electron chi connectivity index (χ2n) is 8.30. The minimum absolute atomic E-state index is 0. The third-order valence-corrected chi connectivity index (χ3v) is 6.90. The van der Waals surface area contributed by atoms with Crippen LogP contribution >= 0.6 is 24.0 Å². The first-order valence-corrected chi connectivity index (χ1v) is 12.4. The van der Waals surface area contributed by atoms with E-state index in [0.717, 1.165) is 30.9 Å². The number of guanidine groups is 1. The van der Waals surface area contributed by atoms with Crippen LogP contribution in [-0.4, -0.2) is 52.8 Å². The van der Waals surface area contributed by atoms with Crippen molar-refractivity contribution in [1.82, 2.24) is 10.6 Å². The molecule has 1 fully saturated rings. The van der Waals surface area contributed by atoms with Crippen molar-refractivity contribution in [2.24, 2.45) is 4.99 Å². The number of rotatable bonds is 7. The van der Waals surface area contributed by atoms with Gasteiger partial charge in [-0.2, -0.15) is 0 Å². The molecular weight excluding hydrogens is 517 g/mol. The van der Waals surface area contributed by atoms with Crippen LogP contribution in [0.25, 0.3) is 0 Å². The Bertz CT molecular complexity index is 839. The van der Waals surface area contributed by atoms with Crippen LogP contribution in [-0.2, 0) is 15.3 Å². The molecule has 2 aliphatic rings. The molecule has 9 heteroatoms. The quantitative estimate of drug-likeness (QED) is 0.308. The summed E-state index contributed by atoms with van der Waals surface area (Å²) in [6, 6.07) is 6.31. The lowest BCUT2D eigenvalue weighted by molar-refractivity contribution is 0.174. The van der Waals surface area contributed by atoms with E-state index in [1.54, 1.807) is 7.05 Å². The highest BCUT2D eigenvalue weighted by Crippen LogP contribution is 2.43. The van der Waals surface area contributed by atoms with Crippen LogP contribution in [0.4, 0.5) is 0 Å². The van der Waals surface area contributed by atoms with Gasteiger partial charge in [0.05, 0.1) is 5.75 Å². The molecule has 30 heavy (non-hydrogen) atoms. The second kappa shape index (κ2) is 10.9. The van der Waals surface area contributed by atoms with Crippen molar-refractivity contribution in [2.75, 3.05) is 32.4 Å². The molecule has 1 aliphatic carbocycles. The minimum atomic E-state index is -2.96. The molecule has 2 N–H and O–H groups in total. The number of halogens is 1. The van der Waals surface area contributed by atoms with Crippen molar-refractivity contribution in [3.05, 3.63) is 23.8 Å². The molecular formula is C21H34IN3O4S. The maximum absolute atomic E-state index is 11.4. The molecule has 7 nitrogen and oxygen atoms in total. The highest BCUT2D eigenvalue weighted by atomic mass is 127. The molecule has 0 spiro atoms. The number of aliphatic imine (C=N–C) groups is 1. The third-order valence-electron chi connectivity index (χ3n) is 5.92. The zero-order chi connectivity index (χ0) is 20.9. The fraction of sp³-hybridized carbons (Fsp3) is 0.667. The number of sulfone groups is 1. The standard InChI is InChI=1S/C21H33N3O4S.HI/c1-16(9-12-29(3,25)26)24-20(22-2)23-14-21(10-5-4-6-11-21)17-7-8-18-19(13-17)28-15-27-18;/h7-8,13,16H,4-6,9-12,14-15H2,1-3H3,(H2,22,23,24);1H. The molecule has 3 rings (SSSR count). The van der Waals surface area contributed by atoms with Gasteiger partial charge in [-0.05, 0) is 43.9 Å². The van der Waals surface area contributed by atoms with Gasteiger partial charge in [-0.1, -0.05) is 25.3 Å². The van der Waals surface area contributed by atoms with E-state index in [9.17, 15) is 8.42 Å². The summed E-state index contributed by atoms with van der Waals surface area (Å²) in [7, 11) is -1.22. The Morgan fingerprint density at radius 1 is 1.20 bits per heavy atom. The number of hydrogen-bond acceptors (Lipinski definition) is 5. The van der Waals surface area contributed by atoms with E-state index in [0.29, 0.717) is 12.4 Å². The average molecular weight is 551 g/mol. The summed E-state index contributed by atoms with van der Waals surface area (Å²) in [5.74, 6) is 2.50. The first-order chi connectivity index (χ1) is 13.8. The van der Waals surface area contributed by atoms with Crippen molar-refractivity contribution in [3.63, 3.8) is 0 Å². The first kappa shape index (κ1) is 25.0. The number of nitrogens with one attached hydrogen (secondary N) is 2. The van der Waals surface area contributed by atoms with Crippen LogP contribution in [0.5, 0.6) is 11.5 Å². The van der Waals surface area contributed by atoms with Gasteiger partial charge in [0, 0.05) is 31.3 Å². The molecule has 1 aromatic carbocycles. The Morgan fingerprint density at radius 3 is 2.57 bits per heavy atom. The molecule has 1 saturated carbocycles. The first-order valence-electron chi connectivity index (χ1n) is 10.4. The van der Waals surface area contributed by atoms with Crippen molar-refractivity contribution in [3.8, 4) is 11.5 Å². The largest absolute Gasteiger partial charge is 0.454 e. The van der Waals surface area contributed by atoms with Crippen LogP contribution < -0.4 is 20.1 Å². The highest BCUT2D eigenvalue weighted by Gasteiger charge is 2.35. The van der Waals surface area contributed by atoms with E-state index >= 15 is 0 Å². The van der Waals surface area contributed by atoms with E-state index in [4.69, 9.17) is 9.47 Å². The summed E-state index contributed by atoms with van der Waals surface area (Å²) in [5, 5.41) is 6.81. The Balaban J connectivity index is 0.00000320. The molecule has 0 amide bonds. The maximum atomic E-state index is 11.4. The molecule has 1 atom stereocenters. The Labute approximate surface area is 197 Å². The highest BCUT2D eigenvalue weighted by molar-refractivity contribution is 14.0. The zero-order valence-corrected chi connectivity index (χ0v) is 21.2. The molecule has 1 unspecified atom stereocenters. The molecule has 1 aliphatic heterocycles. The summed E-state index contributed by atoms with van der Waals surface area (Å²) in [4.78, 5) is 4.34. The van der Waals surface area contributed by atoms with Crippen LogP contribution in [0.2, 0.25) is 0 Å². The van der Waals surface area contributed by atoms with Crippen LogP contribution in [0.1, 0.15) is 51.0 Å². The molecule has 0 bridgehead atoms. The van der Waals surface area contributed by atoms with E-state index in [1.165, 1.54) is 31.1 Å². The number of nitrogens with zero attached hydrogens (tertiary/aromatic N) is 1. The van der Waals surface area contributed by atoms with Gasteiger partial charge in [-0.15, -0.1) is 24.0 Å². The lowest BCUT2D eigenvalue weighted by Crippen LogP contribution is -2.48. The fourth-order valence-electron chi connectivity index (χ4n) is 4.17. The van der Waals surface area contributed by atoms with Crippen molar-refractivity contribution in [2.45, 2.75) is 56.9 Å². The molecule has 0 saturated heterocycles. The van der Waals surface area contributed by atoms with Gasteiger partial charge < -0.3 is 20.1 Å². The van der Waals surface area contributed by atoms with Gasteiger partial charge in [0.2, 0.25) is 6.79 Å². The van der Waals surface area contributed by atoms with Crippen LogP contribution in [0.15, 0.2) is 23.2 Å². The fourth-order valence-corrected chi connectivity index (χ4v) is 4.95. The number of ether oxygens (including phenoxy) is 2. The van der Waals surface area contributed by atoms with E-state index < -0.39 is 9.84 Å². The lowest BCUT2D eigenvalue weighted by atomic mass is 9.69. The van der Waals surface area contributed by atoms with Crippen LogP contribution in [0, 0.1) is 0 Å². The van der Waals surface area contributed by atoms with Crippen LogP contribution in [0.3, 0.4) is 0 Å². The summed E-state index contributed by atoms with van der Waals surface area (Å²) in [5.41, 5.74) is 1.29. The molecule has 1 heterocycles. The smallest absolute Gasteiger partial charge is 0.231 e. The molecule has 1 aromatic rings. The topological polar surface area (TPSA) is 89.0 Å². The number of fused-ring (bicyclic) bond motifs is 1. The van der Waals surface area contributed by atoms with E-state index in [2.05, 4.69) is 27.8 Å².